The molecule has 8 heteroatoms. The number of H-pyrrole nitrogens is 1. The highest BCUT2D eigenvalue weighted by atomic mass is 16.5. The lowest BCUT2D eigenvalue weighted by molar-refractivity contribution is 0.102. The first-order valence-corrected chi connectivity index (χ1v) is 12.1. The lowest BCUT2D eigenvalue weighted by Crippen LogP contribution is -2.29. The Balaban J connectivity index is 1.35. The zero-order valence-corrected chi connectivity index (χ0v) is 20.1. The number of aromatic amines is 1. The average Bonchev–Trinajstić information content (AvgIpc) is 3.29. The molecule has 1 fully saturated rings. The Morgan fingerprint density at radius 2 is 1.91 bits per heavy atom. The van der Waals surface area contributed by atoms with Crippen molar-refractivity contribution < 1.29 is 9.53 Å². The lowest BCUT2D eigenvalue weighted by Gasteiger charge is -2.26. The molecule has 0 radical (unpaired) electrons. The van der Waals surface area contributed by atoms with Crippen LogP contribution in [0.3, 0.4) is 0 Å². The van der Waals surface area contributed by atoms with E-state index < -0.39 is 0 Å². The number of carbonyl (C=O) groups excluding carboxylic acids is 1. The van der Waals surface area contributed by atoms with E-state index in [1.807, 2.05) is 44.4 Å². The SMILES string of the molecule is CC(C)Oc1ccc(NC(=O)c2n[nH]c3ccc(-c4cncc(CN5CCCCC5)c4)cc23)cn1. The third-order valence-electron chi connectivity index (χ3n) is 6.11. The van der Waals surface area contributed by atoms with Gasteiger partial charge in [0.25, 0.3) is 5.91 Å². The molecule has 2 N–H and O–H groups in total. The van der Waals surface area contributed by atoms with Gasteiger partial charge in [-0.15, -0.1) is 0 Å². The summed E-state index contributed by atoms with van der Waals surface area (Å²) < 4.78 is 5.56. The van der Waals surface area contributed by atoms with Gasteiger partial charge in [-0.25, -0.2) is 4.98 Å². The third-order valence-corrected chi connectivity index (χ3v) is 6.11. The van der Waals surface area contributed by atoms with Crippen molar-refractivity contribution in [2.45, 2.75) is 45.8 Å². The second kappa shape index (κ2) is 10.2. The van der Waals surface area contributed by atoms with Crippen molar-refractivity contribution in [3.05, 3.63) is 66.2 Å². The molecule has 1 aromatic carbocycles. The molecule has 3 aromatic heterocycles. The van der Waals surface area contributed by atoms with E-state index in [1.54, 1.807) is 18.3 Å². The number of likely N-dealkylation sites (tertiary alicyclic amines) is 1. The van der Waals surface area contributed by atoms with Gasteiger partial charge in [-0.05, 0) is 75.2 Å². The minimum atomic E-state index is -0.301. The van der Waals surface area contributed by atoms with Crippen molar-refractivity contribution in [1.29, 1.82) is 0 Å². The molecule has 1 saturated heterocycles. The van der Waals surface area contributed by atoms with Crippen LogP contribution in [0.5, 0.6) is 5.88 Å². The molecule has 0 spiro atoms. The summed E-state index contributed by atoms with van der Waals surface area (Å²) in [5.41, 5.74) is 4.94. The number of ether oxygens (including phenoxy) is 1. The highest BCUT2D eigenvalue weighted by Gasteiger charge is 2.16. The minimum absolute atomic E-state index is 0.0354. The standard InChI is InChI=1S/C27H30N6O2/c1-18(2)35-25-9-7-22(16-29-25)30-27(34)26-23-13-20(6-8-24(23)31-32-26)21-12-19(14-28-15-21)17-33-10-4-3-5-11-33/h6-9,12-16,18H,3-5,10-11,17H2,1-2H3,(H,30,34)(H,31,32). The van der Waals surface area contributed by atoms with Gasteiger partial charge in [0.05, 0.1) is 23.5 Å². The molecule has 0 unspecified atom stereocenters. The number of aromatic nitrogens is 4. The van der Waals surface area contributed by atoms with E-state index in [9.17, 15) is 4.79 Å². The van der Waals surface area contributed by atoms with Crippen molar-refractivity contribution in [1.82, 2.24) is 25.1 Å². The molecule has 0 aliphatic carbocycles. The predicted octanol–water partition coefficient (Wildman–Crippen LogP) is 5.05. The number of nitrogens with one attached hydrogen (secondary N) is 2. The van der Waals surface area contributed by atoms with Crippen LogP contribution in [-0.4, -0.2) is 50.2 Å². The molecule has 4 aromatic rings. The third kappa shape index (κ3) is 5.49. The normalized spacial score (nSPS) is 14.4. The minimum Gasteiger partial charge on any atom is -0.475 e. The summed E-state index contributed by atoms with van der Waals surface area (Å²) in [6.07, 6.45) is 9.28. The number of benzene rings is 1. The highest BCUT2D eigenvalue weighted by molar-refractivity contribution is 6.11. The molecule has 4 heterocycles. The summed E-state index contributed by atoms with van der Waals surface area (Å²) in [6, 6.07) is 11.7. The van der Waals surface area contributed by atoms with Gasteiger partial charge in [-0.1, -0.05) is 12.5 Å². The number of anilines is 1. The molecule has 180 valence electrons. The van der Waals surface area contributed by atoms with Crippen LogP contribution in [0.1, 0.15) is 49.2 Å². The van der Waals surface area contributed by atoms with Gasteiger partial charge < -0.3 is 10.1 Å². The first-order valence-electron chi connectivity index (χ1n) is 12.1. The van der Waals surface area contributed by atoms with Crippen LogP contribution in [0.4, 0.5) is 5.69 Å². The van der Waals surface area contributed by atoms with Crippen LogP contribution in [0.15, 0.2) is 55.0 Å². The monoisotopic (exact) mass is 470 g/mol. The van der Waals surface area contributed by atoms with Crippen LogP contribution in [-0.2, 0) is 6.54 Å². The number of hydrogen-bond acceptors (Lipinski definition) is 6. The fraction of sp³-hybridized carbons (Fsp3) is 0.333. The Bertz CT molecular complexity index is 1310. The number of fused-ring (bicyclic) bond motifs is 1. The van der Waals surface area contributed by atoms with Gasteiger partial charge in [0.2, 0.25) is 5.88 Å². The van der Waals surface area contributed by atoms with Crippen LogP contribution in [0.25, 0.3) is 22.0 Å². The summed E-state index contributed by atoms with van der Waals surface area (Å²) in [6.45, 7) is 7.08. The molecule has 0 atom stereocenters. The molecule has 0 bridgehead atoms. The summed E-state index contributed by atoms with van der Waals surface area (Å²) in [5, 5.41) is 10.9. The van der Waals surface area contributed by atoms with E-state index in [2.05, 4.69) is 36.4 Å². The fourth-order valence-corrected chi connectivity index (χ4v) is 4.43. The van der Waals surface area contributed by atoms with Gasteiger partial charge >= 0.3 is 0 Å². The molecular weight excluding hydrogens is 440 g/mol. The van der Waals surface area contributed by atoms with Crippen LogP contribution in [0.2, 0.25) is 0 Å². The molecule has 1 aliphatic heterocycles. The summed E-state index contributed by atoms with van der Waals surface area (Å²) in [5.74, 6) is 0.216. The number of piperidine rings is 1. The maximum absolute atomic E-state index is 13.0. The summed E-state index contributed by atoms with van der Waals surface area (Å²) >= 11 is 0. The Morgan fingerprint density at radius 3 is 2.69 bits per heavy atom. The average molecular weight is 471 g/mol. The number of nitrogens with zero attached hydrogens (tertiary/aromatic N) is 4. The molecule has 8 nitrogen and oxygen atoms in total. The quantitative estimate of drug-likeness (QED) is 0.393. The van der Waals surface area contributed by atoms with E-state index in [0.717, 1.165) is 41.7 Å². The first-order chi connectivity index (χ1) is 17.0. The van der Waals surface area contributed by atoms with Crippen molar-refractivity contribution >= 4 is 22.5 Å². The van der Waals surface area contributed by atoms with Crippen LogP contribution in [0, 0.1) is 0 Å². The second-order valence-electron chi connectivity index (χ2n) is 9.26. The van der Waals surface area contributed by atoms with Crippen molar-refractivity contribution in [3.63, 3.8) is 0 Å². The van der Waals surface area contributed by atoms with Crippen molar-refractivity contribution in [2.75, 3.05) is 18.4 Å². The van der Waals surface area contributed by atoms with Crippen LogP contribution < -0.4 is 10.1 Å². The Hall–Kier alpha value is -3.78. The Kier molecular flexibility index (Phi) is 6.72. The number of carbonyl (C=O) groups is 1. The van der Waals surface area contributed by atoms with E-state index in [0.29, 0.717) is 17.3 Å². The van der Waals surface area contributed by atoms with Crippen molar-refractivity contribution in [3.8, 4) is 17.0 Å². The zero-order valence-electron chi connectivity index (χ0n) is 20.1. The highest BCUT2D eigenvalue weighted by Crippen LogP contribution is 2.27. The molecule has 1 amide bonds. The molecule has 5 rings (SSSR count). The molecule has 0 saturated carbocycles. The van der Waals surface area contributed by atoms with Gasteiger partial charge in [0.1, 0.15) is 0 Å². The predicted molar refractivity (Wildman–Crippen MR) is 136 cm³/mol. The number of rotatable bonds is 7. The van der Waals surface area contributed by atoms with E-state index >= 15 is 0 Å². The maximum Gasteiger partial charge on any atom is 0.276 e. The molecule has 35 heavy (non-hydrogen) atoms. The lowest BCUT2D eigenvalue weighted by atomic mass is 10.0. The molecule has 1 aliphatic rings. The topological polar surface area (TPSA) is 96.0 Å². The van der Waals surface area contributed by atoms with Gasteiger partial charge in [-0.3, -0.25) is 19.8 Å². The summed E-state index contributed by atoms with van der Waals surface area (Å²) in [4.78, 5) is 24.2. The molecular formula is C27H30N6O2. The zero-order chi connectivity index (χ0) is 24.2. The largest absolute Gasteiger partial charge is 0.475 e. The Morgan fingerprint density at radius 1 is 1.06 bits per heavy atom. The smallest absolute Gasteiger partial charge is 0.276 e. The first kappa shape index (κ1) is 23.0. The number of pyridine rings is 2. The maximum atomic E-state index is 13.0. The van der Waals surface area contributed by atoms with E-state index in [-0.39, 0.29) is 12.0 Å². The summed E-state index contributed by atoms with van der Waals surface area (Å²) in [7, 11) is 0. The van der Waals surface area contributed by atoms with Gasteiger partial charge in [0, 0.05) is 36.0 Å². The Labute approximate surface area is 204 Å². The fourth-order valence-electron chi connectivity index (χ4n) is 4.43. The number of hydrogen-bond donors (Lipinski definition) is 2. The van der Waals surface area contributed by atoms with Crippen molar-refractivity contribution in [2.24, 2.45) is 0 Å². The van der Waals surface area contributed by atoms with Gasteiger partial charge in [-0.2, -0.15) is 5.10 Å². The van der Waals surface area contributed by atoms with Gasteiger partial charge in [0.15, 0.2) is 5.69 Å². The number of amides is 1. The van der Waals surface area contributed by atoms with E-state index in [1.165, 1.54) is 24.8 Å². The van der Waals surface area contributed by atoms with E-state index in [4.69, 9.17) is 4.74 Å². The second-order valence-corrected chi connectivity index (χ2v) is 9.26. The van der Waals surface area contributed by atoms with Crippen LogP contribution >= 0.6 is 0 Å².